The number of benzene rings is 1. The van der Waals surface area contributed by atoms with E-state index in [0.29, 0.717) is 26.2 Å². The number of rotatable bonds is 4. The number of hydrogen-bond donors (Lipinski definition) is 1. The van der Waals surface area contributed by atoms with Gasteiger partial charge >= 0.3 is 5.69 Å². The second kappa shape index (κ2) is 7.93. The van der Waals surface area contributed by atoms with Crippen molar-refractivity contribution in [2.45, 2.75) is 12.3 Å². The molecular formula is C21H25N5O5. The van der Waals surface area contributed by atoms with Crippen LogP contribution in [0.2, 0.25) is 0 Å². The van der Waals surface area contributed by atoms with Crippen molar-refractivity contribution in [3.63, 3.8) is 0 Å². The van der Waals surface area contributed by atoms with Crippen LogP contribution in [0, 0.1) is 0 Å². The lowest BCUT2D eigenvalue weighted by molar-refractivity contribution is -0.133. The van der Waals surface area contributed by atoms with Gasteiger partial charge in [-0.1, -0.05) is 12.1 Å². The van der Waals surface area contributed by atoms with Crippen LogP contribution in [0.5, 0.6) is 5.75 Å². The van der Waals surface area contributed by atoms with Gasteiger partial charge in [-0.2, -0.15) is 0 Å². The molecule has 2 aliphatic heterocycles. The molecule has 3 heterocycles. The summed E-state index contributed by atoms with van der Waals surface area (Å²) in [5.41, 5.74) is 0.0833. The summed E-state index contributed by atoms with van der Waals surface area (Å²) in [7, 11) is 4.48. The number of nitrogens with one attached hydrogen (secondary N) is 1. The first kappa shape index (κ1) is 20.7. The van der Waals surface area contributed by atoms with E-state index >= 15 is 0 Å². The summed E-state index contributed by atoms with van der Waals surface area (Å²) in [6.45, 7) is 2.28. The van der Waals surface area contributed by atoms with Gasteiger partial charge in [-0.05, 0) is 12.1 Å². The lowest BCUT2D eigenvalue weighted by Crippen LogP contribution is -2.49. The summed E-state index contributed by atoms with van der Waals surface area (Å²) in [4.78, 5) is 54.1. The molecule has 31 heavy (non-hydrogen) atoms. The molecule has 1 saturated heterocycles. The number of amides is 2. The third-order valence-electron chi connectivity index (χ3n) is 6.04. The van der Waals surface area contributed by atoms with Crippen molar-refractivity contribution in [2.75, 3.05) is 43.5 Å². The number of para-hydroxylation sites is 2. The maximum Gasteiger partial charge on any atom is 0.332 e. The number of nitrogens with zero attached hydrogens (tertiary/aromatic N) is 4. The molecule has 0 spiro atoms. The van der Waals surface area contributed by atoms with E-state index in [1.807, 2.05) is 24.3 Å². The Balaban J connectivity index is 1.48. The van der Waals surface area contributed by atoms with Crippen molar-refractivity contribution < 1.29 is 14.3 Å². The summed E-state index contributed by atoms with van der Waals surface area (Å²) in [5, 5.41) is 2.59. The number of anilines is 2. The van der Waals surface area contributed by atoms with E-state index in [4.69, 9.17) is 4.74 Å². The third-order valence-corrected chi connectivity index (χ3v) is 6.04. The first-order valence-corrected chi connectivity index (χ1v) is 10.1. The van der Waals surface area contributed by atoms with E-state index in [9.17, 15) is 19.2 Å². The highest BCUT2D eigenvalue weighted by Crippen LogP contribution is 2.32. The molecule has 4 rings (SSSR count). The van der Waals surface area contributed by atoms with Crippen LogP contribution in [0.3, 0.4) is 0 Å². The topological polar surface area (TPSA) is 106 Å². The Morgan fingerprint density at radius 3 is 2.42 bits per heavy atom. The van der Waals surface area contributed by atoms with Gasteiger partial charge in [-0.3, -0.25) is 23.5 Å². The van der Waals surface area contributed by atoms with Gasteiger partial charge in [0.1, 0.15) is 11.6 Å². The Bertz CT molecular complexity index is 1160. The van der Waals surface area contributed by atoms with E-state index in [-0.39, 0.29) is 23.7 Å². The maximum absolute atomic E-state index is 12.9. The largest absolute Gasteiger partial charge is 0.495 e. The Kier molecular flexibility index (Phi) is 5.30. The van der Waals surface area contributed by atoms with Crippen LogP contribution < -0.4 is 26.2 Å². The maximum atomic E-state index is 12.9. The fourth-order valence-electron chi connectivity index (χ4n) is 4.26. The molecule has 164 valence electrons. The zero-order chi connectivity index (χ0) is 22.3. The van der Waals surface area contributed by atoms with Gasteiger partial charge in [-0.15, -0.1) is 0 Å². The average Bonchev–Trinajstić information content (AvgIpc) is 3.12. The minimum atomic E-state index is -0.903. The lowest BCUT2D eigenvalue weighted by Gasteiger charge is -2.37. The summed E-state index contributed by atoms with van der Waals surface area (Å²) in [6.07, 6.45) is -0.110. The van der Waals surface area contributed by atoms with Crippen molar-refractivity contribution in [1.82, 2.24) is 14.0 Å². The molecule has 0 aliphatic carbocycles. The molecule has 0 radical (unpaired) electrons. The van der Waals surface area contributed by atoms with Crippen LogP contribution in [-0.4, -0.2) is 59.1 Å². The quantitative estimate of drug-likeness (QED) is 0.729. The van der Waals surface area contributed by atoms with E-state index < -0.39 is 23.1 Å². The second-order valence-corrected chi connectivity index (χ2v) is 7.75. The van der Waals surface area contributed by atoms with Crippen molar-refractivity contribution >= 4 is 23.3 Å². The number of carbonyl (C=O) groups excluding carboxylic acids is 2. The molecule has 10 nitrogen and oxygen atoms in total. The normalized spacial score (nSPS) is 18.0. The molecular weight excluding hydrogens is 402 g/mol. The van der Waals surface area contributed by atoms with Gasteiger partial charge in [0.05, 0.1) is 24.3 Å². The predicted molar refractivity (Wildman–Crippen MR) is 115 cm³/mol. The summed E-state index contributed by atoms with van der Waals surface area (Å²) < 4.78 is 7.61. The van der Waals surface area contributed by atoms with Gasteiger partial charge in [0.25, 0.3) is 5.56 Å². The summed E-state index contributed by atoms with van der Waals surface area (Å²) in [5.74, 6) is -0.571. The Labute approximate surface area is 178 Å². The van der Waals surface area contributed by atoms with E-state index in [1.165, 1.54) is 18.7 Å². The fourth-order valence-corrected chi connectivity index (χ4v) is 4.26. The Morgan fingerprint density at radius 2 is 1.74 bits per heavy atom. The highest BCUT2D eigenvalue weighted by molar-refractivity contribution is 6.04. The molecule has 1 aromatic heterocycles. The minimum absolute atomic E-state index is 0.110. The van der Waals surface area contributed by atoms with Crippen LogP contribution in [0.4, 0.5) is 11.5 Å². The zero-order valence-corrected chi connectivity index (χ0v) is 17.8. The van der Waals surface area contributed by atoms with Crippen LogP contribution in [-0.2, 0) is 23.7 Å². The summed E-state index contributed by atoms with van der Waals surface area (Å²) in [6, 6.07) is 7.74. The smallest absolute Gasteiger partial charge is 0.332 e. The molecule has 2 aliphatic rings. The number of piperazine rings is 1. The second-order valence-electron chi connectivity index (χ2n) is 7.75. The van der Waals surface area contributed by atoms with Gasteiger partial charge in [0.15, 0.2) is 0 Å². The van der Waals surface area contributed by atoms with Crippen LogP contribution in [0.15, 0.2) is 33.9 Å². The van der Waals surface area contributed by atoms with Gasteiger partial charge < -0.3 is 19.9 Å². The SMILES string of the molecule is COc1ccccc1N1CCN(C(=O)C[C@H]2C(=O)Nc3c2c(=O)n(C)c(=O)n3C)CC1. The Morgan fingerprint density at radius 1 is 1.06 bits per heavy atom. The Hall–Kier alpha value is -3.56. The van der Waals surface area contributed by atoms with E-state index in [1.54, 1.807) is 12.0 Å². The molecule has 1 aromatic carbocycles. The van der Waals surface area contributed by atoms with Crippen molar-refractivity contribution in [3.8, 4) is 5.75 Å². The lowest BCUT2D eigenvalue weighted by atomic mass is 9.98. The predicted octanol–water partition coefficient (Wildman–Crippen LogP) is -0.133. The number of aromatic nitrogens is 2. The highest BCUT2D eigenvalue weighted by Gasteiger charge is 2.38. The van der Waals surface area contributed by atoms with Gasteiger partial charge in [0.2, 0.25) is 11.8 Å². The standard InChI is InChI=1S/C21H25N5O5/c1-23-18-17(20(29)24(2)21(23)30)13(19(28)22-18)12-16(27)26-10-8-25(9-11-26)14-6-4-5-7-15(14)31-3/h4-7,13H,8-12H2,1-3H3,(H,22,28)/t13-/m1/s1. The molecule has 0 saturated carbocycles. The first-order valence-electron chi connectivity index (χ1n) is 10.1. The highest BCUT2D eigenvalue weighted by atomic mass is 16.5. The third kappa shape index (κ3) is 3.47. The number of methoxy groups -OCH3 is 1. The molecule has 2 aromatic rings. The van der Waals surface area contributed by atoms with Crippen molar-refractivity contribution in [1.29, 1.82) is 0 Å². The molecule has 1 N–H and O–H groups in total. The molecule has 2 amide bonds. The van der Waals surface area contributed by atoms with Crippen LogP contribution in [0.1, 0.15) is 17.9 Å². The van der Waals surface area contributed by atoms with E-state index in [0.717, 1.165) is 16.0 Å². The first-order chi connectivity index (χ1) is 14.8. The molecule has 1 atom stereocenters. The fraction of sp³-hybridized carbons (Fsp3) is 0.429. The number of carbonyl (C=O) groups is 2. The molecule has 0 unspecified atom stereocenters. The van der Waals surface area contributed by atoms with Gasteiger partial charge in [-0.25, -0.2) is 4.79 Å². The molecule has 10 heteroatoms. The van der Waals surface area contributed by atoms with Crippen molar-refractivity contribution in [3.05, 3.63) is 50.7 Å². The van der Waals surface area contributed by atoms with Crippen LogP contribution >= 0.6 is 0 Å². The monoisotopic (exact) mass is 427 g/mol. The van der Waals surface area contributed by atoms with E-state index in [2.05, 4.69) is 10.2 Å². The zero-order valence-electron chi connectivity index (χ0n) is 17.8. The number of fused-ring (bicyclic) bond motifs is 1. The number of hydrogen-bond acceptors (Lipinski definition) is 6. The number of ether oxygens (including phenoxy) is 1. The van der Waals surface area contributed by atoms with Crippen molar-refractivity contribution in [2.24, 2.45) is 14.1 Å². The van der Waals surface area contributed by atoms with Gasteiger partial charge in [0, 0.05) is 46.7 Å². The molecule has 1 fully saturated rings. The minimum Gasteiger partial charge on any atom is -0.495 e. The average molecular weight is 427 g/mol. The molecule has 0 bridgehead atoms. The summed E-state index contributed by atoms with van der Waals surface area (Å²) >= 11 is 0. The van der Waals surface area contributed by atoms with Crippen LogP contribution in [0.25, 0.3) is 0 Å².